The highest BCUT2D eigenvalue weighted by molar-refractivity contribution is 8.00. The maximum Gasteiger partial charge on any atom is 0.451 e. The van der Waals surface area contributed by atoms with E-state index >= 15 is 0 Å². The molecule has 2 saturated heterocycles. The van der Waals surface area contributed by atoms with Crippen LogP contribution in [-0.2, 0) is 32.4 Å². The summed E-state index contributed by atoms with van der Waals surface area (Å²) in [5, 5.41) is 21.2. The minimum atomic E-state index is -4.69. The summed E-state index contributed by atoms with van der Waals surface area (Å²) in [7, 11) is 1.13. The van der Waals surface area contributed by atoms with Gasteiger partial charge in [0.2, 0.25) is 17.6 Å². The monoisotopic (exact) mass is 572 g/mol. The fourth-order valence-corrected chi connectivity index (χ4v) is 6.84. The molecule has 3 amide bonds. The Morgan fingerprint density at radius 3 is 2.58 bits per heavy atom. The lowest BCUT2D eigenvalue weighted by molar-refractivity contribution is -0.150. The highest BCUT2D eigenvalue weighted by Crippen LogP contribution is 2.46. The fourth-order valence-electron chi connectivity index (χ4n) is 4.73. The second kappa shape index (κ2) is 9.94. The number of halogens is 3. The first-order valence-corrected chi connectivity index (χ1v) is 13.8. The van der Waals surface area contributed by atoms with Crippen molar-refractivity contribution >= 4 is 47.2 Å². The number of nitrogens with zero attached hydrogens (tertiary/aromatic N) is 4. The van der Waals surface area contributed by atoms with Crippen LogP contribution in [0.3, 0.4) is 0 Å². The Morgan fingerprint density at radius 2 is 2.00 bits per heavy atom. The first-order valence-electron chi connectivity index (χ1n) is 11.8. The van der Waals surface area contributed by atoms with Crippen LogP contribution < -0.4 is 10.6 Å². The molecule has 0 unspecified atom stereocenters. The Morgan fingerprint density at radius 1 is 1.26 bits per heavy atom. The van der Waals surface area contributed by atoms with Gasteiger partial charge in [-0.05, 0) is 42.7 Å². The molecular formula is C22H23F3N6O5S2. The molecule has 3 fully saturated rings. The first kappa shape index (κ1) is 26.6. The van der Waals surface area contributed by atoms with Crippen LogP contribution in [0.2, 0.25) is 0 Å². The summed E-state index contributed by atoms with van der Waals surface area (Å²) < 4.78 is 39.4. The molecule has 0 aromatic carbocycles. The Balaban J connectivity index is 1.30. The molecule has 3 aliphatic heterocycles. The Labute approximate surface area is 222 Å². The fraction of sp³-hybridized carbons (Fsp3) is 0.545. The lowest BCUT2D eigenvalue weighted by Crippen LogP contribution is -2.70. The van der Waals surface area contributed by atoms with E-state index < -0.39 is 41.2 Å². The van der Waals surface area contributed by atoms with Crippen LogP contribution in [0.15, 0.2) is 27.6 Å². The molecular weight excluding hydrogens is 549 g/mol. The summed E-state index contributed by atoms with van der Waals surface area (Å²) in [4.78, 5) is 51.4. The number of carbonyl (C=O) groups excluding carboxylic acids is 3. The van der Waals surface area contributed by atoms with E-state index in [0.29, 0.717) is 42.0 Å². The summed E-state index contributed by atoms with van der Waals surface area (Å²) >= 11 is 2.03. The number of aliphatic carboxylic acids is 1. The van der Waals surface area contributed by atoms with Crippen molar-refractivity contribution < 1.29 is 37.5 Å². The number of nitrogens with one attached hydrogen (secondary N) is 2. The Bertz CT molecular complexity index is 1290. The third-order valence-corrected chi connectivity index (χ3v) is 9.06. The molecule has 5 rings (SSSR count). The maximum atomic E-state index is 13.0. The molecule has 1 aromatic rings. The van der Waals surface area contributed by atoms with Gasteiger partial charge in [0.15, 0.2) is 5.16 Å². The molecule has 4 heterocycles. The zero-order valence-corrected chi connectivity index (χ0v) is 21.6. The number of thioether (sulfide) groups is 2. The van der Waals surface area contributed by atoms with Crippen LogP contribution in [0.1, 0.15) is 31.5 Å². The number of hydrogen-bond acceptors (Lipinski definition) is 8. The van der Waals surface area contributed by atoms with Crippen LogP contribution in [-0.4, -0.2) is 77.9 Å². The van der Waals surface area contributed by atoms with Gasteiger partial charge in [-0.1, -0.05) is 11.8 Å². The number of carboxylic acid groups (broad SMARTS) is 1. The van der Waals surface area contributed by atoms with Crippen molar-refractivity contribution in [3.05, 3.63) is 28.2 Å². The Kier molecular flexibility index (Phi) is 6.96. The summed E-state index contributed by atoms with van der Waals surface area (Å²) in [5.74, 6) is -3.58. The summed E-state index contributed by atoms with van der Waals surface area (Å²) in [5.41, 5.74) is 1.57. The van der Waals surface area contributed by atoms with Crippen LogP contribution in [0.25, 0.3) is 0 Å². The molecule has 16 heteroatoms. The van der Waals surface area contributed by atoms with Crippen LogP contribution >= 0.6 is 23.5 Å². The summed E-state index contributed by atoms with van der Waals surface area (Å²) in [6.07, 6.45) is -1.61. The number of aromatic nitrogens is 3. The predicted molar refractivity (Wildman–Crippen MR) is 128 cm³/mol. The van der Waals surface area contributed by atoms with Crippen LogP contribution in [0.4, 0.5) is 13.2 Å². The second-order valence-corrected chi connectivity index (χ2v) is 11.4. The average Bonchev–Trinajstić information content (AvgIpc) is 3.45. The number of β-lactam (4-membered cyclic amide) rings is 1. The van der Waals surface area contributed by atoms with Crippen molar-refractivity contribution in [3.8, 4) is 0 Å². The number of rotatable bonds is 8. The smallest absolute Gasteiger partial charge is 0.451 e. The molecule has 0 radical (unpaired) electrons. The first-order chi connectivity index (χ1) is 18.0. The van der Waals surface area contributed by atoms with Gasteiger partial charge in [0.25, 0.3) is 5.91 Å². The average molecular weight is 573 g/mol. The normalized spacial score (nSPS) is 24.7. The molecule has 1 aliphatic carbocycles. The van der Waals surface area contributed by atoms with Crippen molar-refractivity contribution in [2.24, 2.45) is 13.0 Å². The van der Waals surface area contributed by atoms with Gasteiger partial charge in [-0.3, -0.25) is 19.3 Å². The lowest BCUT2D eigenvalue weighted by Gasteiger charge is -2.49. The van der Waals surface area contributed by atoms with Gasteiger partial charge >= 0.3 is 12.1 Å². The van der Waals surface area contributed by atoms with Gasteiger partial charge in [-0.15, -0.1) is 22.0 Å². The van der Waals surface area contributed by atoms with E-state index in [4.69, 9.17) is 0 Å². The van der Waals surface area contributed by atoms with Crippen LogP contribution in [0.5, 0.6) is 0 Å². The van der Waals surface area contributed by atoms with Gasteiger partial charge in [0, 0.05) is 24.9 Å². The van der Waals surface area contributed by atoms with Gasteiger partial charge in [-0.2, -0.15) is 13.2 Å². The third kappa shape index (κ3) is 4.90. The van der Waals surface area contributed by atoms with Gasteiger partial charge in [0.1, 0.15) is 17.1 Å². The van der Waals surface area contributed by atoms with Gasteiger partial charge in [-0.25, -0.2) is 4.79 Å². The molecule has 1 saturated carbocycles. The molecule has 2 atom stereocenters. The van der Waals surface area contributed by atoms with E-state index in [2.05, 4.69) is 20.8 Å². The van der Waals surface area contributed by atoms with Crippen molar-refractivity contribution in [2.75, 3.05) is 18.1 Å². The van der Waals surface area contributed by atoms with E-state index in [1.165, 1.54) is 11.8 Å². The summed E-state index contributed by atoms with van der Waals surface area (Å²) in [6.45, 7) is 0.481. The number of allylic oxidation sites excluding steroid dienone is 1. The van der Waals surface area contributed by atoms with Crippen molar-refractivity contribution in [1.29, 1.82) is 0 Å². The number of fused-ring (bicyclic) bond motifs is 1. The minimum absolute atomic E-state index is 0.117. The standard InChI is InChI=1S/C22H23F3N6O5S2/c1-30-20(22(23,24)25)28-29-21(30)38-8-13(32)27-14-17(34)31-15(19(35)36)12(7-37-18(14)31)11(6-9-2-3-9)10-4-5-26-16(10)33/h9,14,18H,2-8H2,1H3,(H,26,33)(H,27,32)(H,35,36)/t14-,18-/m1/s1. The molecule has 38 heavy (non-hydrogen) atoms. The van der Waals surface area contributed by atoms with Crippen molar-refractivity contribution in [3.63, 3.8) is 0 Å². The van der Waals surface area contributed by atoms with Gasteiger partial charge in [0.05, 0.1) is 5.75 Å². The topological polar surface area (TPSA) is 147 Å². The zero-order valence-electron chi connectivity index (χ0n) is 20.0. The molecule has 4 aliphatic rings. The SMILES string of the molecule is Cn1c(SCC(=O)N[C@@H]2C(=O)N3C(C(=O)O)=C(C(CC4CC4)=C4CCNC4=O)CS[C@H]23)nnc1C(F)(F)F. The molecule has 204 valence electrons. The number of hydrogen-bond donors (Lipinski definition) is 3. The van der Waals surface area contributed by atoms with E-state index in [1.807, 2.05) is 0 Å². The zero-order chi connectivity index (χ0) is 27.4. The van der Waals surface area contributed by atoms with Crippen molar-refractivity contribution in [1.82, 2.24) is 30.3 Å². The van der Waals surface area contributed by atoms with E-state index in [0.717, 1.165) is 41.1 Å². The number of carboxylic acids is 1. The highest BCUT2D eigenvalue weighted by atomic mass is 32.2. The molecule has 11 nitrogen and oxygen atoms in total. The summed E-state index contributed by atoms with van der Waals surface area (Å²) in [6, 6.07) is -0.983. The van der Waals surface area contributed by atoms with Crippen molar-refractivity contribution in [2.45, 2.75) is 48.4 Å². The van der Waals surface area contributed by atoms with Gasteiger partial charge < -0.3 is 20.3 Å². The Hall–Kier alpha value is -3.01. The van der Waals surface area contributed by atoms with Crippen LogP contribution in [0, 0.1) is 5.92 Å². The molecule has 1 aromatic heterocycles. The maximum absolute atomic E-state index is 13.0. The van der Waals surface area contributed by atoms with E-state index in [1.54, 1.807) is 0 Å². The molecule has 0 bridgehead atoms. The number of alkyl halides is 3. The largest absolute Gasteiger partial charge is 0.477 e. The predicted octanol–water partition coefficient (Wildman–Crippen LogP) is 1.28. The van der Waals surface area contributed by atoms with E-state index in [9.17, 15) is 37.5 Å². The third-order valence-electron chi connectivity index (χ3n) is 6.76. The number of carbonyl (C=O) groups is 4. The second-order valence-electron chi connectivity index (χ2n) is 9.35. The highest BCUT2D eigenvalue weighted by Gasteiger charge is 2.54. The minimum Gasteiger partial charge on any atom is -0.477 e. The molecule has 3 N–H and O–H groups in total. The molecule has 0 spiro atoms. The van der Waals surface area contributed by atoms with E-state index in [-0.39, 0.29) is 28.3 Å². The number of amides is 3. The lowest BCUT2D eigenvalue weighted by atomic mass is 9.91. The quantitative estimate of drug-likeness (QED) is 0.238.